The molecule has 2 fully saturated rings. The molecule has 2 aromatic rings. The van der Waals surface area contributed by atoms with E-state index in [9.17, 15) is 13.2 Å². The van der Waals surface area contributed by atoms with Crippen molar-refractivity contribution in [2.24, 2.45) is 5.92 Å². The molecule has 32 heavy (non-hydrogen) atoms. The topological polar surface area (TPSA) is 98.3 Å². The number of nitrogens with zero attached hydrogens (tertiary/aromatic N) is 4. The van der Waals surface area contributed by atoms with Crippen LogP contribution in [0.5, 0.6) is 0 Å². The molecule has 1 aliphatic carbocycles. The number of sulfone groups is 1. The van der Waals surface area contributed by atoms with E-state index in [1.807, 2.05) is 21.6 Å². The van der Waals surface area contributed by atoms with Crippen molar-refractivity contribution in [2.45, 2.75) is 76.2 Å². The van der Waals surface area contributed by atoms with Crippen molar-refractivity contribution in [3.05, 3.63) is 18.4 Å². The lowest BCUT2D eigenvalue weighted by Gasteiger charge is -2.38. The third-order valence-electron chi connectivity index (χ3n) is 6.19. The number of hydrogen-bond donors (Lipinski definition) is 0. The van der Waals surface area contributed by atoms with Crippen LogP contribution in [0.15, 0.2) is 28.0 Å². The van der Waals surface area contributed by atoms with E-state index < -0.39 is 9.84 Å². The summed E-state index contributed by atoms with van der Waals surface area (Å²) in [5.41, 5.74) is 0. The normalized spacial score (nSPS) is 21.3. The molecule has 1 atom stereocenters. The van der Waals surface area contributed by atoms with E-state index >= 15 is 0 Å². The molecule has 3 heterocycles. The van der Waals surface area contributed by atoms with Gasteiger partial charge in [0, 0.05) is 18.6 Å². The van der Waals surface area contributed by atoms with Crippen LogP contribution in [0, 0.1) is 5.92 Å². The van der Waals surface area contributed by atoms with Crippen LogP contribution in [0.1, 0.15) is 52.4 Å². The van der Waals surface area contributed by atoms with Crippen molar-refractivity contribution >= 4 is 27.5 Å². The number of carbonyl (C=O) groups excluding carboxylic acids is 1. The second-order valence-electron chi connectivity index (χ2n) is 9.23. The van der Waals surface area contributed by atoms with Gasteiger partial charge in [-0.05, 0) is 37.3 Å². The highest BCUT2D eigenvalue weighted by atomic mass is 32.2. The predicted octanol–water partition coefficient (Wildman–Crippen LogP) is 3.63. The van der Waals surface area contributed by atoms with Gasteiger partial charge in [-0.3, -0.25) is 9.36 Å². The molecule has 1 unspecified atom stereocenters. The van der Waals surface area contributed by atoms with E-state index in [4.69, 9.17) is 4.42 Å². The Kier molecular flexibility index (Phi) is 7.29. The molecule has 10 heteroatoms. The minimum Gasteiger partial charge on any atom is -0.461 e. The number of carbonyl (C=O) groups is 1. The standard InChI is InChI=1S/C22H32N4O4S2/c1-16(2)13-25-21(19-9-6-11-30-19)23-24-22(25)31-14-20(27)26(17-7-4-3-5-8-17)18-10-12-32(28,29)15-18/h6,9,11,16-18H,3-5,7-8,10,12-15H2,1-2H3. The van der Waals surface area contributed by atoms with Gasteiger partial charge in [0.15, 0.2) is 26.6 Å². The van der Waals surface area contributed by atoms with Crippen molar-refractivity contribution in [1.29, 1.82) is 0 Å². The van der Waals surface area contributed by atoms with Crippen molar-refractivity contribution in [2.75, 3.05) is 17.3 Å². The number of aromatic nitrogens is 3. The average Bonchev–Trinajstić information content (AvgIpc) is 3.48. The fourth-order valence-corrected chi connectivity index (χ4v) is 7.30. The fraction of sp³-hybridized carbons (Fsp3) is 0.682. The lowest BCUT2D eigenvalue weighted by atomic mass is 9.93. The Hall–Kier alpha value is -1.81. The predicted molar refractivity (Wildman–Crippen MR) is 124 cm³/mol. The van der Waals surface area contributed by atoms with Crippen molar-refractivity contribution in [1.82, 2.24) is 19.7 Å². The van der Waals surface area contributed by atoms with Crippen LogP contribution >= 0.6 is 11.8 Å². The van der Waals surface area contributed by atoms with Crippen LogP contribution in [0.2, 0.25) is 0 Å². The SMILES string of the molecule is CC(C)Cn1c(SCC(=O)N(C2CCCCC2)C2CCS(=O)(=O)C2)nnc1-c1ccco1. The van der Waals surface area contributed by atoms with Crippen LogP contribution in [0.25, 0.3) is 11.6 Å². The van der Waals surface area contributed by atoms with Gasteiger partial charge >= 0.3 is 0 Å². The Morgan fingerprint density at radius 2 is 2.00 bits per heavy atom. The zero-order valence-corrected chi connectivity index (χ0v) is 20.4. The van der Waals surface area contributed by atoms with Gasteiger partial charge in [0.1, 0.15) is 0 Å². The molecule has 0 spiro atoms. The minimum atomic E-state index is -3.06. The number of amides is 1. The van der Waals surface area contributed by atoms with Gasteiger partial charge in [-0.25, -0.2) is 8.42 Å². The molecule has 2 aliphatic rings. The van der Waals surface area contributed by atoms with Gasteiger partial charge in [-0.2, -0.15) is 0 Å². The second-order valence-corrected chi connectivity index (χ2v) is 12.4. The third-order valence-corrected chi connectivity index (χ3v) is 8.89. The summed E-state index contributed by atoms with van der Waals surface area (Å²) in [5, 5.41) is 9.34. The van der Waals surface area contributed by atoms with Crippen LogP contribution < -0.4 is 0 Å². The van der Waals surface area contributed by atoms with E-state index in [0.29, 0.717) is 35.6 Å². The van der Waals surface area contributed by atoms with E-state index in [0.717, 1.165) is 25.7 Å². The first-order chi connectivity index (χ1) is 15.3. The smallest absolute Gasteiger partial charge is 0.233 e. The van der Waals surface area contributed by atoms with Gasteiger partial charge in [0.05, 0.1) is 23.5 Å². The molecule has 0 radical (unpaired) electrons. The van der Waals surface area contributed by atoms with E-state index in [1.54, 1.807) is 6.26 Å². The molecule has 0 aromatic carbocycles. The molecular formula is C22H32N4O4S2. The van der Waals surface area contributed by atoms with E-state index in [-0.39, 0.29) is 35.2 Å². The number of furan rings is 1. The largest absolute Gasteiger partial charge is 0.461 e. The average molecular weight is 481 g/mol. The zero-order valence-electron chi connectivity index (χ0n) is 18.8. The molecule has 1 saturated heterocycles. The van der Waals surface area contributed by atoms with Gasteiger partial charge in [0.2, 0.25) is 5.91 Å². The lowest BCUT2D eigenvalue weighted by Crippen LogP contribution is -2.49. The third kappa shape index (κ3) is 5.39. The highest BCUT2D eigenvalue weighted by Gasteiger charge is 2.38. The Bertz CT molecular complexity index is 1010. The maximum atomic E-state index is 13.4. The highest BCUT2D eigenvalue weighted by molar-refractivity contribution is 7.99. The summed E-state index contributed by atoms with van der Waals surface area (Å²) < 4.78 is 31.8. The van der Waals surface area contributed by atoms with Crippen LogP contribution in [-0.4, -0.2) is 63.3 Å². The maximum absolute atomic E-state index is 13.4. The molecule has 1 saturated carbocycles. The summed E-state index contributed by atoms with van der Waals surface area (Å²) in [6.07, 6.45) is 7.44. The first-order valence-electron chi connectivity index (χ1n) is 11.5. The van der Waals surface area contributed by atoms with Gasteiger partial charge in [-0.1, -0.05) is 44.9 Å². The van der Waals surface area contributed by atoms with Crippen LogP contribution in [0.3, 0.4) is 0 Å². The monoisotopic (exact) mass is 480 g/mol. The highest BCUT2D eigenvalue weighted by Crippen LogP contribution is 2.31. The van der Waals surface area contributed by atoms with Crippen LogP contribution in [-0.2, 0) is 21.2 Å². The Balaban J connectivity index is 1.51. The number of rotatable bonds is 8. The summed E-state index contributed by atoms with van der Waals surface area (Å²) in [5.74, 6) is 2.17. The van der Waals surface area contributed by atoms with Crippen molar-refractivity contribution < 1.29 is 17.6 Å². The van der Waals surface area contributed by atoms with Crippen molar-refractivity contribution in [3.8, 4) is 11.6 Å². The van der Waals surface area contributed by atoms with E-state index in [2.05, 4.69) is 24.0 Å². The molecular weight excluding hydrogens is 448 g/mol. The molecule has 2 aromatic heterocycles. The van der Waals surface area contributed by atoms with Crippen molar-refractivity contribution in [3.63, 3.8) is 0 Å². The van der Waals surface area contributed by atoms with Gasteiger partial charge in [-0.15, -0.1) is 10.2 Å². The van der Waals surface area contributed by atoms with Gasteiger partial charge < -0.3 is 9.32 Å². The number of thioether (sulfide) groups is 1. The molecule has 0 N–H and O–H groups in total. The lowest BCUT2D eigenvalue weighted by molar-refractivity contribution is -0.133. The molecule has 1 aliphatic heterocycles. The quantitative estimate of drug-likeness (QED) is 0.532. The fourth-order valence-electron chi connectivity index (χ4n) is 4.77. The Morgan fingerprint density at radius 3 is 2.62 bits per heavy atom. The molecule has 176 valence electrons. The van der Waals surface area contributed by atoms with Gasteiger partial charge in [0.25, 0.3) is 0 Å². The molecule has 1 amide bonds. The molecule has 0 bridgehead atoms. The maximum Gasteiger partial charge on any atom is 0.233 e. The Labute approximate surface area is 194 Å². The minimum absolute atomic E-state index is 0.00245. The first kappa shape index (κ1) is 23.4. The van der Waals surface area contributed by atoms with Crippen LogP contribution in [0.4, 0.5) is 0 Å². The summed E-state index contributed by atoms with van der Waals surface area (Å²) in [4.78, 5) is 15.3. The molecule has 8 nitrogen and oxygen atoms in total. The summed E-state index contributed by atoms with van der Waals surface area (Å²) in [6, 6.07) is 3.61. The zero-order chi connectivity index (χ0) is 22.7. The molecule has 4 rings (SSSR count). The number of hydrogen-bond acceptors (Lipinski definition) is 7. The first-order valence-corrected chi connectivity index (χ1v) is 14.3. The van der Waals surface area contributed by atoms with E-state index in [1.165, 1.54) is 18.2 Å². The summed E-state index contributed by atoms with van der Waals surface area (Å²) in [7, 11) is -3.06. The summed E-state index contributed by atoms with van der Waals surface area (Å²) in [6.45, 7) is 4.96. The second kappa shape index (κ2) is 9.99. The Morgan fingerprint density at radius 1 is 1.22 bits per heavy atom. The summed E-state index contributed by atoms with van der Waals surface area (Å²) >= 11 is 1.37.